The van der Waals surface area contributed by atoms with Gasteiger partial charge in [-0.3, -0.25) is 4.21 Å². The van der Waals surface area contributed by atoms with Gasteiger partial charge in [-0.25, -0.2) is 0 Å². The fourth-order valence-corrected chi connectivity index (χ4v) is 3.21. The van der Waals surface area contributed by atoms with Crippen LogP contribution in [0.5, 0.6) is 0 Å². The molecule has 0 amide bonds. The van der Waals surface area contributed by atoms with E-state index in [0.29, 0.717) is 5.92 Å². The molecule has 0 bridgehead atoms. The number of hydrogen-bond acceptors (Lipinski definition) is 1. The third-order valence-corrected chi connectivity index (χ3v) is 5.34. The van der Waals surface area contributed by atoms with Crippen molar-refractivity contribution in [1.82, 2.24) is 0 Å². The SMILES string of the molecule is CCCC(C[S@@](=O)C(C)(C)C)c1ccc(Cl)cc1. The monoisotopic (exact) mass is 286 g/mol. The summed E-state index contributed by atoms with van der Waals surface area (Å²) in [6, 6.07) is 7.95. The average molecular weight is 287 g/mol. The Hall–Kier alpha value is -0.340. The van der Waals surface area contributed by atoms with Crippen molar-refractivity contribution in [3.05, 3.63) is 34.9 Å². The van der Waals surface area contributed by atoms with Crippen molar-refractivity contribution in [2.24, 2.45) is 0 Å². The van der Waals surface area contributed by atoms with Gasteiger partial charge in [-0.05, 0) is 50.8 Å². The van der Waals surface area contributed by atoms with Gasteiger partial charge >= 0.3 is 0 Å². The van der Waals surface area contributed by atoms with E-state index < -0.39 is 10.8 Å². The van der Waals surface area contributed by atoms with E-state index in [9.17, 15) is 4.21 Å². The molecule has 0 radical (unpaired) electrons. The van der Waals surface area contributed by atoms with E-state index in [-0.39, 0.29) is 4.75 Å². The first-order chi connectivity index (χ1) is 8.34. The van der Waals surface area contributed by atoms with Crippen LogP contribution in [0.2, 0.25) is 5.02 Å². The summed E-state index contributed by atoms with van der Waals surface area (Å²) < 4.78 is 12.1. The summed E-state index contributed by atoms with van der Waals surface area (Å²) >= 11 is 5.91. The highest BCUT2D eigenvalue weighted by atomic mass is 35.5. The maximum absolute atomic E-state index is 12.3. The van der Waals surface area contributed by atoms with Crippen LogP contribution in [0.3, 0.4) is 0 Å². The van der Waals surface area contributed by atoms with E-state index in [1.165, 1.54) is 5.56 Å². The van der Waals surface area contributed by atoms with Crippen LogP contribution in [-0.2, 0) is 10.8 Å². The summed E-state index contributed by atoms with van der Waals surface area (Å²) in [5, 5.41) is 0.756. The lowest BCUT2D eigenvalue weighted by atomic mass is 9.96. The third-order valence-electron chi connectivity index (χ3n) is 3.01. The normalized spacial score (nSPS) is 15.4. The molecule has 18 heavy (non-hydrogen) atoms. The quantitative estimate of drug-likeness (QED) is 0.762. The van der Waals surface area contributed by atoms with Crippen LogP contribution in [0.25, 0.3) is 0 Å². The lowest BCUT2D eigenvalue weighted by Gasteiger charge is -2.23. The summed E-state index contributed by atoms with van der Waals surface area (Å²) in [6.45, 7) is 8.28. The van der Waals surface area contributed by atoms with Crippen LogP contribution in [0, 0.1) is 0 Å². The summed E-state index contributed by atoms with van der Waals surface area (Å²) in [5.74, 6) is 1.10. The first-order valence-corrected chi connectivity index (χ1v) is 8.18. The second kappa shape index (κ2) is 6.72. The Morgan fingerprint density at radius 2 is 1.78 bits per heavy atom. The van der Waals surface area contributed by atoms with Crippen LogP contribution in [0.1, 0.15) is 52.0 Å². The van der Waals surface area contributed by atoms with Gasteiger partial charge in [0.2, 0.25) is 0 Å². The molecule has 0 aliphatic carbocycles. The van der Waals surface area contributed by atoms with Crippen molar-refractivity contribution in [2.45, 2.75) is 51.2 Å². The smallest absolute Gasteiger partial charge is 0.0406 e. The number of rotatable bonds is 5. The predicted molar refractivity (Wildman–Crippen MR) is 81.9 cm³/mol. The lowest BCUT2D eigenvalue weighted by Crippen LogP contribution is -2.26. The predicted octanol–water partition coefficient (Wildman–Crippen LogP) is 4.77. The molecule has 0 aliphatic heterocycles. The second-order valence-electron chi connectivity index (χ2n) is 5.66. The van der Waals surface area contributed by atoms with Gasteiger partial charge in [0, 0.05) is 26.3 Å². The zero-order chi connectivity index (χ0) is 13.8. The van der Waals surface area contributed by atoms with Crippen LogP contribution in [0.15, 0.2) is 24.3 Å². The third kappa shape index (κ3) is 4.74. The summed E-state index contributed by atoms with van der Waals surface area (Å²) in [7, 11) is -0.808. The Balaban J connectivity index is 2.83. The molecule has 2 atom stereocenters. The molecule has 0 saturated carbocycles. The minimum absolute atomic E-state index is 0.140. The van der Waals surface area contributed by atoms with Gasteiger partial charge in [0.05, 0.1) is 0 Å². The Kier molecular flexibility index (Phi) is 5.87. The van der Waals surface area contributed by atoms with Gasteiger partial charge in [0.15, 0.2) is 0 Å². The van der Waals surface area contributed by atoms with Crippen LogP contribution in [-0.4, -0.2) is 14.7 Å². The Labute approximate surface area is 118 Å². The van der Waals surface area contributed by atoms with E-state index in [0.717, 1.165) is 23.6 Å². The van der Waals surface area contributed by atoms with Crippen molar-refractivity contribution in [1.29, 1.82) is 0 Å². The summed E-state index contributed by atoms with van der Waals surface area (Å²) in [6.07, 6.45) is 2.18. The molecular formula is C15H23ClOS. The van der Waals surface area contributed by atoms with Crippen LogP contribution >= 0.6 is 11.6 Å². The van der Waals surface area contributed by atoms with Gasteiger partial charge in [0.25, 0.3) is 0 Å². The fraction of sp³-hybridized carbons (Fsp3) is 0.600. The lowest BCUT2D eigenvalue weighted by molar-refractivity contribution is 0.621. The van der Waals surface area contributed by atoms with Gasteiger partial charge in [0.1, 0.15) is 0 Å². The van der Waals surface area contributed by atoms with Crippen molar-refractivity contribution in [3.8, 4) is 0 Å². The highest BCUT2D eigenvalue weighted by molar-refractivity contribution is 7.86. The van der Waals surface area contributed by atoms with Gasteiger partial charge < -0.3 is 0 Å². The molecule has 1 rings (SSSR count). The number of benzene rings is 1. The molecule has 102 valence electrons. The standard InChI is InChI=1S/C15H23ClOS/c1-5-6-13(11-18(17)15(2,3)4)12-7-9-14(16)10-8-12/h7-10,13H,5-6,11H2,1-4H3/t13?,18-/m1/s1. The van der Waals surface area contributed by atoms with Crippen molar-refractivity contribution < 1.29 is 4.21 Å². The Morgan fingerprint density at radius 1 is 1.22 bits per heavy atom. The minimum Gasteiger partial charge on any atom is -0.259 e. The first kappa shape index (κ1) is 15.7. The molecular weight excluding hydrogens is 264 g/mol. The van der Waals surface area contributed by atoms with E-state index >= 15 is 0 Å². The molecule has 0 saturated heterocycles. The number of hydrogen-bond donors (Lipinski definition) is 0. The fourth-order valence-electron chi connectivity index (χ4n) is 1.86. The molecule has 1 nitrogen and oxygen atoms in total. The molecule has 0 aliphatic rings. The van der Waals surface area contributed by atoms with E-state index in [4.69, 9.17) is 11.6 Å². The molecule has 1 unspecified atom stereocenters. The van der Waals surface area contributed by atoms with Crippen molar-refractivity contribution >= 4 is 22.4 Å². The molecule has 0 aromatic heterocycles. The average Bonchev–Trinajstić information content (AvgIpc) is 2.28. The van der Waals surface area contributed by atoms with E-state index in [1.54, 1.807) is 0 Å². The Bertz CT molecular complexity index is 392. The molecule has 0 heterocycles. The first-order valence-electron chi connectivity index (χ1n) is 6.48. The van der Waals surface area contributed by atoms with Crippen molar-refractivity contribution in [3.63, 3.8) is 0 Å². The summed E-state index contributed by atoms with van der Waals surface area (Å²) in [5.41, 5.74) is 1.25. The maximum Gasteiger partial charge on any atom is 0.0406 e. The van der Waals surface area contributed by atoms with E-state index in [1.807, 2.05) is 32.9 Å². The zero-order valence-electron chi connectivity index (χ0n) is 11.7. The zero-order valence-corrected chi connectivity index (χ0v) is 13.3. The minimum atomic E-state index is -0.808. The molecule has 1 aromatic carbocycles. The molecule has 0 fully saturated rings. The van der Waals surface area contributed by atoms with Gasteiger partial charge in [-0.2, -0.15) is 0 Å². The highest BCUT2D eigenvalue weighted by Gasteiger charge is 2.23. The van der Waals surface area contributed by atoms with Gasteiger partial charge in [-0.1, -0.05) is 37.1 Å². The number of halogens is 1. The van der Waals surface area contributed by atoms with Crippen LogP contribution < -0.4 is 0 Å². The highest BCUT2D eigenvalue weighted by Crippen LogP contribution is 2.26. The summed E-state index contributed by atoms with van der Waals surface area (Å²) in [4.78, 5) is 0. The second-order valence-corrected chi connectivity index (χ2v) is 8.35. The van der Waals surface area contributed by atoms with Crippen molar-refractivity contribution in [2.75, 3.05) is 5.75 Å². The maximum atomic E-state index is 12.3. The van der Waals surface area contributed by atoms with E-state index in [2.05, 4.69) is 19.1 Å². The molecule has 3 heteroatoms. The van der Waals surface area contributed by atoms with Gasteiger partial charge in [-0.15, -0.1) is 0 Å². The Morgan fingerprint density at radius 3 is 2.22 bits per heavy atom. The topological polar surface area (TPSA) is 17.1 Å². The van der Waals surface area contributed by atoms with Crippen LogP contribution in [0.4, 0.5) is 0 Å². The molecule has 0 spiro atoms. The largest absolute Gasteiger partial charge is 0.259 e. The molecule has 1 aromatic rings. The molecule has 0 N–H and O–H groups in total.